The average Bonchev–Trinajstić information content (AvgIpc) is 2.43. The fourth-order valence-electron chi connectivity index (χ4n) is 3.27. The Morgan fingerprint density at radius 2 is 2.05 bits per heavy atom. The molecule has 0 amide bonds. The lowest BCUT2D eigenvalue weighted by atomic mass is 9.76. The van der Waals surface area contributed by atoms with Gasteiger partial charge in [-0.05, 0) is 35.1 Å². The molecule has 0 spiro atoms. The van der Waals surface area contributed by atoms with Gasteiger partial charge in [0.15, 0.2) is 0 Å². The minimum atomic E-state index is -0.832. The summed E-state index contributed by atoms with van der Waals surface area (Å²) in [5, 5.41) is 9.16. The summed E-state index contributed by atoms with van der Waals surface area (Å²) in [7, 11) is 1.36. The zero-order valence-corrected chi connectivity index (χ0v) is 13.5. The maximum Gasteiger partial charge on any atom is 0.337 e. The van der Waals surface area contributed by atoms with Crippen molar-refractivity contribution in [1.82, 2.24) is 4.90 Å². The summed E-state index contributed by atoms with van der Waals surface area (Å²) in [6.45, 7) is 6.98. The van der Waals surface area contributed by atoms with E-state index >= 15 is 0 Å². The van der Waals surface area contributed by atoms with E-state index in [9.17, 15) is 9.59 Å². The summed E-state index contributed by atoms with van der Waals surface area (Å²) in [5.74, 6) is -1.20. The van der Waals surface area contributed by atoms with Gasteiger partial charge in [0.25, 0.3) is 0 Å². The van der Waals surface area contributed by atoms with Gasteiger partial charge in [-0.2, -0.15) is 0 Å². The maximum atomic E-state index is 11.8. The molecule has 22 heavy (non-hydrogen) atoms. The summed E-state index contributed by atoms with van der Waals surface area (Å²) in [6, 6.07) is 5.54. The molecule has 1 aromatic rings. The van der Waals surface area contributed by atoms with Crippen molar-refractivity contribution < 1.29 is 19.4 Å². The van der Waals surface area contributed by atoms with Crippen LogP contribution in [0.1, 0.15) is 48.3 Å². The molecule has 2 rings (SSSR count). The van der Waals surface area contributed by atoms with Crippen LogP contribution in [0, 0.1) is 5.41 Å². The molecule has 1 aromatic carbocycles. The third-order valence-corrected chi connectivity index (χ3v) is 4.05. The van der Waals surface area contributed by atoms with E-state index in [-0.39, 0.29) is 24.0 Å². The van der Waals surface area contributed by atoms with Crippen LogP contribution in [0.4, 0.5) is 0 Å². The molecule has 0 radical (unpaired) electrons. The number of carbonyl (C=O) groups excluding carboxylic acids is 1. The van der Waals surface area contributed by atoms with E-state index in [1.54, 1.807) is 6.07 Å². The predicted molar refractivity (Wildman–Crippen MR) is 82.9 cm³/mol. The summed E-state index contributed by atoms with van der Waals surface area (Å²) >= 11 is 0. The van der Waals surface area contributed by atoms with Crippen molar-refractivity contribution in [3.8, 4) is 0 Å². The Bertz CT molecular complexity index is 589. The molecule has 5 heteroatoms. The van der Waals surface area contributed by atoms with E-state index in [4.69, 9.17) is 9.84 Å². The molecular formula is C17H23NO4. The summed E-state index contributed by atoms with van der Waals surface area (Å²) in [6.07, 6.45) is 0.788. The van der Waals surface area contributed by atoms with Gasteiger partial charge in [-0.3, -0.25) is 9.69 Å². The summed E-state index contributed by atoms with van der Waals surface area (Å²) in [5.41, 5.74) is 2.57. The molecule has 0 aliphatic carbocycles. The van der Waals surface area contributed by atoms with E-state index in [2.05, 4.69) is 20.8 Å². The minimum absolute atomic E-state index is 0.00380. The van der Waals surface area contributed by atoms with Gasteiger partial charge in [0, 0.05) is 12.6 Å². The monoisotopic (exact) mass is 305 g/mol. The van der Waals surface area contributed by atoms with Crippen LogP contribution in [0.2, 0.25) is 0 Å². The molecule has 1 N–H and O–H groups in total. The van der Waals surface area contributed by atoms with Crippen molar-refractivity contribution in [2.45, 2.75) is 33.2 Å². The minimum Gasteiger partial charge on any atom is -0.480 e. The SMILES string of the molecule is COC(=O)c1ccc2c(c1)C(C(C)(C)C)N(CC(=O)O)CC2. The molecule has 1 unspecified atom stereocenters. The highest BCUT2D eigenvalue weighted by Gasteiger charge is 2.37. The van der Waals surface area contributed by atoms with Crippen molar-refractivity contribution in [3.05, 3.63) is 34.9 Å². The number of fused-ring (bicyclic) bond motifs is 1. The lowest BCUT2D eigenvalue weighted by molar-refractivity contribution is -0.139. The Balaban J connectivity index is 2.49. The third-order valence-electron chi connectivity index (χ3n) is 4.05. The van der Waals surface area contributed by atoms with Crippen LogP contribution < -0.4 is 0 Å². The highest BCUT2D eigenvalue weighted by atomic mass is 16.5. The first-order valence-electron chi connectivity index (χ1n) is 7.41. The number of ether oxygens (including phenoxy) is 1. The highest BCUT2D eigenvalue weighted by molar-refractivity contribution is 5.89. The smallest absolute Gasteiger partial charge is 0.337 e. The molecule has 120 valence electrons. The maximum absolute atomic E-state index is 11.8. The number of carboxylic acid groups (broad SMARTS) is 1. The molecule has 1 aliphatic heterocycles. The lowest BCUT2D eigenvalue weighted by Crippen LogP contribution is -2.44. The van der Waals surface area contributed by atoms with Gasteiger partial charge in [0.2, 0.25) is 0 Å². The first-order valence-corrected chi connectivity index (χ1v) is 7.41. The number of hydrogen-bond acceptors (Lipinski definition) is 4. The van der Waals surface area contributed by atoms with E-state index in [1.807, 2.05) is 17.0 Å². The van der Waals surface area contributed by atoms with E-state index in [0.717, 1.165) is 12.0 Å². The van der Waals surface area contributed by atoms with Crippen LogP contribution in [0.25, 0.3) is 0 Å². The second-order valence-corrected chi connectivity index (χ2v) is 6.79. The number of esters is 1. The van der Waals surface area contributed by atoms with Crippen molar-refractivity contribution in [1.29, 1.82) is 0 Å². The van der Waals surface area contributed by atoms with Gasteiger partial charge in [-0.15, -0.1) is 0 Å². The topological polar surface area (TPSA) is 66.8 Å². The first-order chi connectivity index (χ1) is 10.2. The van der Waals surface area contributed by atoms with Crippen LogP contribution in [0.3, 0.4) is 0 Å². The van der Waals surface area contributed by atoms with Gasteiger partial charge >= 0.3 is 11.9 Å². The van der Waals surface area contributed by atoms with E-state index in [1.165, 1.54) is 12.7 Å². The van der Waals surface area contributed by atoms with Crippen molar-refractivity contribution in [3.63, 3.8) is 0 Å². The van der Waals surface area contributed by atoms with Crippen LogP contribution in [-0.2, 0) is 16.0 Å². The number of carbonyl (C=O) groups is 2. The van der Waals surface area contributed by atoms with Gasteiger partial charge in [0.1, 0.15) is 0 Å². The fourth-order valence-corrected chi connectivity index (χ4v) is 3.27. The molecule has 5 nitrogen and oxygen atoms in total. The Labute approximate surface area is 130 Å². The van der Waals surface area contributed by atoms with Gasteiger partial charge in [-0.1, -0.05) is 26.8 Å². The zero-order chi connectivity index (χ0) is 16.5. The third kappa shape index (κ3) is 3.30. The number of carboxylic acids is 1. The molecule has 0 bridgehead atoms. The molecule has 0 saturated heterocycles. The largest absolute Gasteiger partial charge is 0.480 e. The Morgan fingerprint density at radius 1 is 1.36 bits per heavy atom. The number of nitrogens with zero attached hydrogens (tertiary/aromatic N) is 1. The second-order valence-electron chi connectivity index (χ2n) is 6.79. The lowest BCUT2D eigenvalue weighted by Gasteiger charge is -2.44. The molecular weight excluding hydrogens is 282 g/mol. The molecule has 0 saturated carbocycles. The summed E-state index contributed by atoms with van der Waals surface area (Å²) in [4.78, 5) is 24.9. The van der Waals surface area contributed by atoms with Gasteiger partial charge in [-0.25, -0.2) is 4.79 Å². The number of hydrogen-bond donors (Lipinski definition) is 1. The number of benzene rings is 1. The predicted octanol–water partition coefficient (Wildman–Crippen LogP) is 2.50. The van der Waals surface area contributed by atoms with Crippen LogP contribution in [0.15, 0.2) is 18.2 Å². The van der Waals surface area contributed by atoms with Crippen LogP contribution >= 0.6 is 0 Å². The van der Waals surface area contributed by atoms with Crippen molar-refractivity contribution >= 4 is 11.9 Å². The fraction of sp³-hybridized carbons (Fsp3) is 0.529. The quantitative estimate of drug-likeness (QED) is 0.869. The zero-order valence-electron chi connectivity index (χ0n) is 13.5. The van der Waals surface area contributed by atoms with Crippen molar-refractivity contribution in [2.24, 2.45) is 5.41 Å². The normalized spacial score (nSPS) is 18.6. The number of rotatable bonds is 3. The van der Waals surface area contributed by atoms with Crippen LogP contribution in [0.5, 0.6) is 0 Å². The molecule has 0 fully saturated rings. The van der Waals surface area contributed by atoms with Crippen LogP contribution in [-0.4, -0.2) is 42.1 Å². The standard InChI is InChI=1S/C17H23NO4/c1-17(2,3)15-13-9-12(16(21)22-4)6-5-11(13)7-8-18(15)10-14(19)20/h5-6,9,15H,7-8,10H2,1-4H3,(H,19,20). The molecule has 1 aliphatic rings. The Kier molecular flexibility index (Phi) is 4.56. The average molecular weight is 305 g/mol. The highest BCUT2D eigenvalue weighted by Crippen LogP contribution is 2.42. The van der Waals surface area contributed by atoms with Gasteiger partial charge in [0.05, 0.1) is 19.2 Å². The molecule has 1 atom stereocenters. The number of methoxy groups -OCH3 is 1. The Hall–Kier alpha value is -1.88. The Morgan fingerprint density at radius 3 is 2.59 bits per heavy atom. The molecule has 1 heterocycles. The van der Waals surface area contributed by atoms with E-state index in [0.29, 0.717) is 12.1 Å². The summed E-state index contributed by atoms with van der Waals surface area (Å²) < 4.78 is 4.79. The number of aliphatic carboxylic acids is 1. The first kappa shape index (κ1) is 16.5. The second kappa shape index (κ2) is 6.08. The molecule has 0 aromatic heterocycles. The van der Waals surface area contributed by atoms with Crippen molar-refractivity contribution in [2.75, 3.05) is 20.2 Å². The van der Waals surface area contributed by atoms with E-state index < -0.39 is 5.97 Å². The van der Waals surface area contributed by atoms with Gasteiger partial charge < -0.3 is 9.84 Å².